The van der Waals surface area contributed by atoms with E-state index in [9.17, 15) is 9.59 Å². The third kappa shape index (κ3) is 4.74. The third-order valence-electron chi connectivity index (χ3n) is 4.05. The van der Waals surface area contributed by atoms with E-state index in [1.807, 2.05) is 32.0 Å². The zero-order valence-electron chi connectivity index (χ0n) is 15.2. The van der Waals surface area contributed by atoms with Gasteiger partial charge in [-0.25, -0.2) is 9.79 Å². The Kier molecular flexibility index (Phi) is 6.06. The number of carboxylic acids is 1. The maximum atomic E-state index is 12.3. The molecule has 1 amide bonds. The van der Waals surface area contributed by atoms with Gasteiger partial charge in [0.25, 0.3) is 5.91 Å². The van der Waals surface area contributed by atoms with E-state index in [1.165, 1.54) is 11.8 Å². The SMILES string of the molecule is Cc1cccc(N=C2NC(=O)C(=Cc3ccc(OCC(=O)O)c(Cl)c3)S2)c1C. The Labute approximate surface area is 171 Å². The number of hydrogen-bond donors (Lipinski definition) is 2. The fourth-order valence-electron chi connectivity index (χ4n) is 2.46. The van der Waals surface area contributed by atoms with Crippen LogP contribution in [0.2, 0.25) is 5.02 Å². The fourth-order valence-corrected chi connectivity index (χ4v) is 3.54. The molecule has 3 rings (SSSR count). The van der Waals surface area contributed by atoms with Gasteiger partial charge < -0.3 is 15.2 Å². The van der Waals surface area contributed by atoms with Crippen molar-refractivity contribution in [3.05, 3.63) is 63.0 Å². The first-order chi connectivity index (χ1) is 13.3. The van der Waals surface area contributed by atoms with Crippen molar-refractivity contribution in [3.63, 3.8) is 0 Å². The lowest BCUT2D eigenvalue weighted by Crippen LogP contribution is -2.19. The normalized spacial score (nSPS) is 16.5. The van der Waals surface area contributed by atoms with Crippen LogP contribution in [0.5, 0.6) is 5.75 Å². The van der Waals surface area contributed by atoms with Crippen molar-refractivity contribution in [2.24, 2.45) is 4.99 Å². The average molecular weight is 417 g/mol. The molecule has 1 fully saturated rings. The third-order valence-corrected chi connectivity index (χ3v) is 5.26. The van der Waals surface area contributed by atoms with Crippen LogP contribution in [-0.4, -0.2) is 28.8 Å². The Bertz CT molecular complexity index is 1020. The lowest BCUT2D eigenvalue weighted by atomic mass is 10.1. The Morgan fingerprint density at radius 2 is 2.11 bits per heavy atom. The number of nitrogens with zero attached hydrogens (tertiary/aromatic N) is 1. The van der Waals surface area contributed by atoms with Gasteiger partial charge in [0.1, 0.15) is 5.75 Å². The van der Waals surface area contributed by atoms with Gasteiger partial charge in [0.15, 0.2) is 11.8 Å². The lowest BCUT2D eigenvalue weighted by molar-refractivity contribution is -0.139. The summed E-state index contributed by atoms with van der Waals surface area (Å²) >= 11 is 7.37. The predicted octanol–water partition coefficient (Wildman–Crippen LogP) is 4.31. The van der Waals surface area contributed by atoms with Crippen LogP contribution in [0.25, 0.3) is 6.08 Å². The summed E-state index contributed by atoms with van der Waals surface area (Å²) in [5.74, 6) is -1.06. The number of nitrogens with one attached hydrogen (secondary N) is 1. The van der Waals surface area contributed by atoms with Crippen LogP contribution in [0, 0.1) is 13.8 Å². The molecule has 8 heteroatoms. The van der Waals surface area contributed by atoms with Gasteiger partial charge >= 0.3 is 5.97 Å². The van der Waals surface area contributed by atoms with Gasteiger partial charge in [-0.1, -0.05) is 29.8 Å². The van der Waals surface area contributed by atoms with Crippen molar-refractivity contribution in [1.29, 1.82) is 0 Å². The molecule has 144 valence electrons. The highest BCUT2D eigenvalue weighted by Gasteiger charge is 2.24. The number of thioether (sulfide) groups is 1. The van der Waals surface area contributed by atoms with Gasteiger partial charge in [0, 0.05) is 0 Å². The average Bonchev–Trinajstić information content (AvgIpc) is 2.97. The molecule has 0 aliphatic carbocycles. The highest BCUT2D eigenvalue weighted by atomic mass is 35.5. The molecule has 1 aliphatic heterocycles. The highest BCUT2D eigenvalue weighted by molar-refractivity contribution is 8.18. The van der Waals surface area contributed by atoms with Crippen molar-refractivity contribution < 1.29 is 19.4 Å². The van der Waals surface area contributed by atoms with Crippen LogP contribution in [-0.2, 0) is 9.59 Å². The minimum Gasteiger partial charge on any atom is -0.480 e. The van der Waals surface area contributed by atoms with Crippen molar-refractivity contribution in [3.8, 4) is 5.75 Å². The number of hydrogen-bond acceptors (Lipinski definition) is 5. The Balaban J connectivity index is 1.79. The summed E-state index contributed by atoms with van der Waals surface area (Å²) in [5.41, 5.74) is 3.70. The number of aliphatic imine (C=N–C) groups is 1. The van der Waals surface area contributed by atoms with Crippen molar-refractivity contribution >= 4 is 52.2 Å². The molecule has 1 heterocycles. The summed E-state index contributed by atoms with van der Waals surface area (Å²) in [7, 11) is 0. The van der Waals surface area contributed by atoms with Gasteiger partial charge in [-0.05, 0) is 66.6 Å². The zero-order valence-corrected chi connectivity index (χ0v) is 16.7. The Hall–Kier alpha value is -2.77. The number of rotatable bonds is 5. The molecule has 1 aliphatic rings. The second-order valence-electron chi connectivity index (χ2n) is 6.07. The fraction of sp³-hybridized carbons (Fsp3) is 0.150. The first kappa shape index (κ1) is 20.0. The van der Waals surface area contributed by atoms with Crippen LogP contribution >= 0.6 is 23.4 Å². The number of benzene rings is 2. The summed E-state index contributed by atoms with van der Waals surface area (Å²) in [6.07, 6.45) is 1.69. The Morgan fingerprint density at radius 1 is 1.32 bits per heavy atom. The summed E-state index contributed by atoms with van der Waals surface area (Å²) in [6.45, 7) is 3.53. The Morgan fingerprint density at radius 3 is 2.82 bits per heavy atom. The van der Waals surface area contributed by atoms with E-state index >= 15 is 0 Å². The van der Waals surface area contributed by atoms with E-state index in [4.69, 9.17) is 21.4 Å². The van der Waals surface area contributed by atoms with Crippen LogP contribution in [0.1, 0.15) is 16.7 Å². The first-order valence-electron chi connectivity index (χ1n) is 8.33. The second-order valence-corrected chi connectivity index (χ2v) is 7.51. The van der Waals surface area contributed by atoms with E-state index in [-0.39, 0.29) is 16.7 Å². The number of halogens is 1. The molecule has 2 N–H and O–H groups in total. The van der Waals surface area contributed by atoms with E-state index in [1.54, 1.807) is 24.3 Å². The second kappa shape index (κ2) is 8.50. The molecule has 0 radical (unpaired) electrons. The van der Waals surface area contributed by atoms with Crippen LogP contribution in [0.4, 0.5) is 5.69 Å². The molecule has 0 atom stereocenters. The minimum atomic E-state index is -1.09. The molecule has 0 saturated carbocycles. The molecule has 6 nitrogen and oxygen atoms in total. The number of carboxylic acid groups (broad SMARTS) is 1. The van der Waals surface area contributed by atoms with Crippen molar-refractivity contribution in [1.82, 2.24) is 5.32 Å². The summed E-state index contributed by atoms with van der Waals surface area (Å²) < 4.78 is 5.09. The summed E-state index contributed by atoms with van der Waals surface area (Å²) in [6, 6.07) is 10.7. The summed E-state index contributed by atoms with van der Waals surface area (Å²) in [4.78, 5) is 27.9. The van der Waals surface area contributed by atoms with Crippen LogP contribution in [0.3, 0.4) is 0 Å². The maximum absolute atomic E-state index is 12.3. The maximum Gasteiger partial charge on any atom is 0.341 e. The summed E-state index contributed by atoms with van der Waals surface area (Å²) in [5, 5.41) is 12.2. The molecular weight excluding hydrogens is 400 g/mol. The predicted molar refractivity (Wildman–Crippen MR) is 111 cm³/mol. The van der Waals surface area contributed by atoms with Crippen molar-refractivity contribution in [2.75, 3.05) is 6.61 Å². The van der Waals surface area contributed by atoms with Gasteiger partial charge in [-0.15, -0.1) is 0 Å². The number of carbonyl (C=O) groups is 2. The zero-order chi connectivity index (χ0) is 20.3. The number of amides is 1. The molecule has 28 heavy (non-hydrogen) atoms. The molecule has 0 unspecified atom stereocenters. The molecule has 0 bridgehead atoms. The molecular formula is C20H17ClN2O4S. The van der Waals surface area contributed by atoms with Gasteiger partial charge in [0.05, 0.1) is 15.6 Å². The molecule has 2 aromatic rings. The largest absolute Gasteiger partial charge is 0.480 e. The molecule has 1 saturated heterocycles. The smallest absolute Gasteiger partial charge is 0.341 e. The van der Waals surface area contributed by atoms with Gasteiger partial charge in [-0.2, -0.15) is 0 Å². The number of carbonyl (C=O) groups excluding carboxylic acids is 1. The number of amidine groups is 1. The molecule has 0 aromatic heterocycles. The van der Waals surface area contributed by atoms with Gasteiger partial charge in [-0.3, -0.25) is 4.79 Å². The number of ether oxygens (including phenoxy) is 1. The molecule has 0 spiro atoms. The van der Waals surface area contributed by atoms with Crippen LogP contribution < -0.4 is 10.1 Å². The minimum absolute atomic E-state index is 0.239. The molecule has 2 aromatic carbocycles. The van der Waals surface area contributed by atoms with Crippen LogP contribution in [0.15, 0.2) is 46.3 Å². The topological polar surface area (TPSA) is 88.0 Å². The standard InChI is InChI=1S/C20H17ClN2O4S/c1-11-4-3-5-15(12(11)2)22-20-23-19(26)17(28-20)9-13-6-7-16(14(21)8-13)27-10-18(24)25/h3-9H,10H2,1-2H3,(H,24,25)(H,22,23,26). The van der Waals surface area contributed by atoms with Crippen molar-refractivity contribution in [2.45, 2.75) is 13.8 Å². The highest BCUT2D eigenvalue weighted by Crippen LogP contribution is 2.31. The lowest BCUT2D eigenvalue weighted by Gasteiger charge is -2.06. The quantitative estimate of drug-likeness (QED) is 0.709. The van der Waals surface area contributed by atoms with Gasteiger partial charge in [0.2, 0.25) is 0 Å². The van der Waals surface area contributed by atoms with E-state index < -0.39 is 12.6 Å². The number of aliphatic carboxylic acids is 1. The van der Waals surface area contributed by atoms with E-state index in [0.29, 0.717) is 15.6 Å². The monoisotopic (exact) mass is 416 g/mol. The number of aryl methyl sites for hydroxylation is 1. The first-order valence-corrected chi connectivity index (χ1v) is 9.53. The van der Waals surface area contributed by atoms with E-state index in [0.717, 1.165) is 16.8 Å². The van der Waals surface area contributed by atoms with E-state index in [2.05, 4.69) is 10.3 Å².